The monoisotopic (exact) mass is 298 g/mol. The lowest BCUT2D eigenvalue weighted by Crippen LogP contribution is -2.42. The number of carbonyl (C=O) groups is 1. The molecule has 0 heterocycles. The molecule has 1 rings (SSSR count). The van der Waals surface area contributed by atoms with Crippen molar-refractivity contribution in [2.45, 2.75) is 32.3 Å². The van der Waals surface area contributed by atoms with Gasteiger partial charge in [-0.25, -0.2) is 4.79 Å². The standard InChI is InChI=1S/C15H23ClN2O2/c1-4-12(13-5-7-14(16)8-6-13)9-17-15(20)18(3)10-11(2)19/h5-8,11-12,19H,4,9-10H2,1-3H3,(H,17,20)/t11-,12-/m1/s1. The fraction of sp³-hybridized carbons (Fsp3) is 0.533. The summed E-state index contributed by atoms with van der Waals surface area (Å²) in [5, 5.41) is 12.9. The van der Waals surface area contributed by atoms with Crippen LogP contribution in [0.3, 0.4) is 0 Å². The molecule has 20 heavy (non-hydrogen) atoms. The number of aliphatic hydroxyl groups is 1. The molecule has 0 aliphatic heterocycles. The van der Waals surface area contributed by atoms with Gasteiger partial charge in [-0.05, 0) is 31.0 Å². The molecule has 4 nitrogen and oxygen atoms in total. The lowest BCUT2D eigenvalue weighted by molar-refractivity contribution is 0.143. The van der Waals surface area contributed by atoms with Gasteiger partial charge in [0, 0.05) is 31.1 Å². The molecule has 0 fully saturated rings. The maximum atomic E-state index is 11.9. The Labute approximate surface area is 125 Å². The number of aliphatic hydroxyl groups excluding tert-OH is 1. The summed E-state index contributed by atoms with van der Waals surface area (Å²) in [7, 11) is 1.67. The number of hydrogen-bond acceptors (Lipinski definition) is 2. The largest absolute Gasteiger partial charge is 0.392 e. The van der Waals surface area contributed by atoms with Gasteiger partial charge in [0.15, 0.2) is 0 Å². The molecule has 0 saturated heterocycles. The molecule has 0 bridgehead atoms. The van der Waals surface area contributed by atoms with Gasteiger partial charge in [0.1, 0.15) is 0 Å². The van der Waals surface area contributed by atoms with Crippen molar-refractivity contribution in [1.29, 1.82) is 0 Å². The van der Waals surface area contributed by atoms with Gasteiger partial charge in [0.25, 0.3) is 0 Å². The second-order valence-corrected chi connectivity index (χ2v) is 5.51. The van der Waals surface area contributed by atoms with Gasteiger partial charge < -0.3 is 15.3 Å². The summed E-state index contributed by atoms with van der Waals surface area (Å²) >= 11 is 5.88. The zero-order chi connectivity index (χ0) is 15.1. The quantitative estimate of drug-likeness (QED) is 0.848. The van der Waals surface area contributed by atoms with E-state index in [0.717, 1.165) is 12.0 Å². The molecule has 5 heteroatoms. The number of nitrogens with zero attached hydrogens (tertiary/aromatic N) is 1. The van der Waals surface area contributed by atoms with Crippen LogP contribution in [0.1, 0.15) is 31.7 Å². The minimum atomic E-state index is -0.524. The SMILES string of the molecule is CC[C@H](CNC(=O)N(C)C[C@@H](C)O)c1ccc(Cl)cc1. The number of hydrogen-bond donors (Lipinski definition) is 2. The molecule has 0 unspecified atom stereocenters. The van der Waals surface area contributed by atoms with Crippen LogP contribution < -0.4 is 5.32 Å². The number of nitrogens with one attached hydrogen (secondary N) is 1. The highest BCUT2D eigenvalue weighted by Gasteiger charge is 2.14. The summed E-state index contributed by atoms with van der Waals surface area (Å²) in [5.74, 6) is 0.260. The van der Waals surface area contributed by atoms with Gasteiger partial charge >= 0.3 is 6.03 Å². The van der Waals surface area contributed by atoms with Crippen LogP contribution in [-0.4, -0.2) is 42.3 Å². The number of carbonyl (C=O) groups excluding carboxylic acids is 1. The molecule has 2 N–H and O–H groups in total. The molecule has 0 saturated carbocycles. The Balaban J connectivity index is 2.53. The van der Waals surface area contributed by atoms with Crippen LogP contribution in [0.15, 0.2) is 24.3 Å². The molecule has 2 atom stereocenters. The summed E-state index contributed by atoms with van der Waals surface area (Å²) < 4.78 is 0. The van der Waals surface area contributed by atoms with Crippen molar-refractivity contribution in [3.63, 3.8) is 0 Å². The lowest BCUT2D eigenvalue weighted by atomic mass is 9.96. The van der Waals surface area contributed by atoms with Gasteiger partial charge in [0.05, 0.1) is 6.10 Å². The molecule has 112 valence electrons. The normalized spacial score (nSPS) is 13.7. The van der Waals surface area contributed by atoms with E-state index in [4.69, 9.17) is 11.6 Å². The van der Waals surface area contributed by atoms with Crippen molar-refractivity contribution in [2.75, 3.05) is 20.1 Å². The Bertz CT molecular complexity index is 420. The third-order valence-electron chi connectivity index (χ3n) is 3.22. The van der Waals surface area contributed by atoms with E-state index in [1.54, 1.807) is 14.0 Å². The summed E-state index contributed by atoms with van der Waals surface area (Å²) in [5.41, 5.74) is 1.16. The highest BCUT2D eigenvalue weighted by atomic mass is 35.5. The van der Waals surface area contributed by atoms with E-state index in [2.05, 4.69) is 12.2 Å². The molecule has 2 amide bonds. The minimum absolute atomic E-state index is 0.168. The Hall–Kier alpha value is -1.26. The van der Waals surface area contributed by atoms with Crippen molar-refractivity contribution in [1.82, 2.24) is 10.2 Å². The van der Waals surface area contributed by atoms with Crippen LogP contribution in [0.4, 0.5) is 4.79 Å². The van der Waals surface area contributed by atoms with Crippen LogP contribution in [-0.2, 0) is 0 Å². The summed E-state index contributed by atoms with van der Waals surface area (Å²) in [4.78, 5) is 13.4. The van der Waals surface area contributed by atoms with Crippen molar-refractivity contribution in [3.05, 3.63) is 34.9 Å². The van der Waals surface area contributed by atoms with Crippen LogP contribution in [0, 0.1) is 0 Å². The topological polar surface area (TPSA) is 52.6 Å². The summed E-state index contributed by atoms with van der Waals surface area (Å²) in [6, 6.07) is 7.53. The van der Waals surface area contributed by atoms with E-state index in [-0.39, 0.29) is 11.9 Å². The highest BCUT2D eigenvalue weighted by Crippen LogP contribution is 2.20. The fourth-order valence-corrected chi connectivity index (χ4v) is 2.18. The molecule has 0 aliphatic rings. The minimum Gasteiger partial charge on any atom is -0.392 e. The Kier molecular flexibility index (Phi) is 6.82. The van der Waals surface area contributed by atoms with Gasteiger partial charge in [-0.2, -0.15) is 0 Å². The first-order chi connectivity index (χ1) is 9.43. The molecule has 0 aliphatic carbocycles. The maximum Gasteiger partial charge on any atom is 0.317 e. The van der Waals surface area contributed by atoms with Crippen molar-refractivity contribution in [3.8, 4) is 0 Å². The van der Waals surface area contributed by atoms with Crippen molar-refractivity contribution < 1.29 is 9.90 Å². The van der Waals surface area contributed by atoms with Gasteiger partial charge in [0.2, 0.25) is 0 Å². The van der Waals surface area contributed by atoms with E-state index < -0.39 is 6.10 Å². The number of halogens is 1. The van der Waals surface area contributed by atoms with Gasteiger partial charge in [-0.3, -0.25) is 0 Å². The molecule has 0 spiro atoms. The molecule has 0 radical (unpaired) electrons. The van der Waals surface area contributed by atoms with Crippen LogP contribution in [0.25, 0.3) is 0 Å². The smallest absolute Gasteiger partial charge is 0.317 e. The molecule has 1 aromatic rings. The number of amides is 2. The molecular weight excluding hydrogens is 276 g/mol. The number of urea groups is 1. The summed E-state index contributed by atoms with van der Waals surface area (Å²) in [6.45, 7) is 4.64. The predicted molar refractivity (Wildman–Crippen MR) is 82.2 cm³/mol. The van der Waals surface area contributed by atoms with E-state index in [9.17, 15) is 9.90 Å². The van der Waals surface area contributed by atoms with E-state index in [1.165, 1.54) is 4.90 Å². The van der Waals surface area contributed by atoms with Gasteiger partial charge in [-0.1, -0.05) is 30.7 Å². The maximum absolute atomic E-state index is 11.9. The van der Waals surface area contributed by atoms with Crippen LogP contribution in [0.5, 0.6) is 0 Å². The van der Waals surface area contributed by atoms with Gasteiger partial charge in [-0.15, -0.1) is 0 Å². The van der Waals surface area contributed by atoms with Crippen LogP contribution in [0.2, 0.25) is 5.02 Å². The fourth-order valence-electron chi connectivity index (χ4n) is 2.06. The van der Waals surface area contributed by atoms with Crippen molar-refractivity contribution in [2.24, 2.45) is 0 Å². The van der Waals surface area contributed by atoms with E-state index in [1.807, 2.05) is 24.3 Å². The molecule has 0 aromatic heterocycles. The number of rotatable bonds is 6. The second kappa shape index (κ2) is 8.12. The second-order valence-electron chi connectivity index (χ2n) is 5.07. The highest BCUT2D eigenvalue weighted by molar-refractivity contribution is 6.30. The average Bonchev–Trinajstić information content (AvgIpc) is 2.40. The van der Waals surface area contributed by atoms with Crippen molar-refractivity contribution >= 4 is 17.6 Å². The predicted octanol–water partition coefficient (Wildman–Crippen LogP) is 2.86. The third kappa shape index (κ3) is 5.39. The third-order valence-corrected chi connectivity index (χ3v) is 3.47. The number of likely N-dealkylation sites (N-methyl/N-ethyl adjacent to an activating group) is 1. The zero-order valence-corrected chi connectivity index (χ0v) is 13.0. The lowest BCUT2D eigenvalue weighted by Gasteiger charge is -2.22. The molecule has 1 aromatic carbocycles. The Morgan fingerprint density at radius 1 is 1.40 bits per heavy atom. The van der Waals surface area contributed by atoms with E-state index >= 15 is 0 Å². The van der Waals surface area contributed by atoms with E-state index in [0.29, 0.717) is 18.1 Å². The summed E-state index contributed by atoms with van der Waals surface area (Å²) in [6.07, 6.45) is 0.408. The number of benzene rings is 1. The zero-order valence-electron chi connectivity index (χ0n) is 12.3. The average molecular weight is 299 g/mol. The van der Waals surface area contributed by atoms with Crippen LogP contribution >= 0.6 is 11.6 Å². The Morgan fingerprint density at radius 2 is 2.00 bits per heavy atom. The first-order valence-corrected chi connectivity index (χ1v) is 7.24. The molecular formula is C15H23ClN2O2. The Morgan fingerprint density at radius 3 is 2.50 bits per heavy atom. The first kappa shape index (κ1) is 16.8. The first-order valence-electron chi connectivity index (χ1n) is 6.86.